The fraction of sp³-hybridized carbons (Fsp3) is 0.250. The number of aliphatic carboxylic acids is 1. The number of halogens is 1. The van der Waals surface area contributed by atoms with Crippen LogP contribution in [0.1, 0.15) is 29.4 Å². The Labute approximate surface area is 215 Å². The quantitative estimate of drug-likeness (QED) is 0.222. The number of carbonyl (C=O) groups is 1. The summed E-state index contributed by atoms with van der Waals surface area (Å²) < 4.78 is 19.0. The molecule has 2 heterocycles. The highest BCUT2D eigenvalue weighted by Crippen LogP contribution is 2.25. The summed E-state index contributed by atoms with van der Waals surface area (Å²) in [6, 6.07) is 13.3. The average Bonchev–Trinajstić information content (AvgIpc) is 3.37. The van der Waals surface area contributed by atoms with Gasteiger partial charge in [-0.25, -0.2) is 19.2 Å². The molecule has 37 heavy (non-hydrogen) atoms. The number of aromatic nitrogens is 3. The fourth-order valence-corrected chi connectivity index (χ4v) is 4.14. The number of nitrogens with one attached hydrogen (secondary N) is 3. The molecule has 0 saturated carbocycles. The van der Waals surface area contributed by atoms with Crippen LogP contribution >= 0.6 is 0 Å². The number of imidazole rings is 1. The van der Waals surface area contributed by atoms with Crippen LogP contribution in [0, 0.1) is 12.7 Å². The molecule has 4 rings (SSSR count). The number of nitrogens with zero attached hydrogens (tertiary/aromatic N) is 2. The van der Waals surface area contributed by atoms with Gasteiger partial charge < -0.3 is 25.5 Å². The first-order valence-corrected chi connectivity index (χ1v) is 12.0. The van der Waals surface area contributed by atoms with Crippen LogP contribution in [0.5, 0.6) is 5.75 Å². The van der Waals surface area contributed by atoms with Crippen molar-refractivity contribution >= 4 is 17.5 Å². The molecule has 0 fully saturated rings. The lowest BCUT2D eigenvalue weighted by molar-refractivity contribution is -0.137. The van der Waals surface area contributed by atoms with E-state index in [0.717, 1.165) is 34.0 Å². The second kappa shape index (κ2) is 11.6. The number of carboxylic acid groups (broad SMARTS) is 1. The van der Waals surface area contributed by atoms with E-state index in [1.807, 2.05) is 37.3 Å². The smallest absolute Gasteiger partial charge is 0.326 e. The molecule has 0 aliphatic carbocycles. The van der Waals surface area contributed by atoms with Crippen molar-refractivity contribution in [2.45, 2.75) is 39.3 Å². The molecule has 0 saturated heterocycles. The first-order chi connectivity index (χ1) is 17.9. The number of benzene rings is 2. The van der Waals surface area contributed by atoms with Crippen molar-refractivity contribution in [1.29, 1.82) is 0 Å². The van der Waals surface area contributed by atoms with Gasteiger partial charge in [-0.15, -0.1) is 0 Å². The van der Waals surface area contributed by atoms with Crippen molar-refractivity contribution in [1.82, 2.24) is 15.0 Å². The maximum absolute atomic E-state index is 13.8. The van der Waals surface area contributed by atoms with E-state index in [4.69, 9.17) is 4.74 Å². The SMILES string of the molecule is CCc1cc(F)cc(C)c1NC(Cc1ccc(-c2cnc(CNc3cc(OC)ccn3)[nH]2)cc1)C(=O)O. The summed E-state index contributed by atoms with van der Waals surface area (Å²) in [4.78, 5) is 24.0. The molecule has 0 aliphatic rings. The topological polar surface area (TPSA) is 112 Å². The Balaban J connectivity index is 1.41. The zero-order chi connectivity index (χ0) is 26.4. The monoisotopic (exact) mass is 503 g/mol. The molecule has 0 amide bonds. The number of aryl methyl sites for hydroxylation is 2. The number of rotatable bonds is 11. The third-order valence-corrected chi connectivity index (χ3v) is 6.12. The second-order valence-corrected chi connectivity index (χ2v) is 8.72. The van der Waals surface area contributed by atoms with Crippen LogP contribution in [0.2, 0.25) is 0 Å². The number of hydrogen-bond acceptors (Lipinski definition) is 6. The highest BCUT2D eigenvalue weighted by Gasteiger charge is 2.20. The number of hydrogen-bond donors (Lipinski definition) is 4. The van der Waals surface area contributed by atoms with E-state index in [0.29, 0.717) is 30.0 Å². The number of carboxylic acids is 1. The van der Waals surface area contributed by atoms with Crippen LogP contribution in [-0.2, 0) is 24.2 Å². The maximum atomic E-state index is 13.8. The first-order valence-electron chi connectivity index (χ1n) is 12.0. The van der Waals surface area contributed by atoms with Gasteiger partial charge in [-0.05, 0) is 53.8 Å². The molecule has 4 aromatic rings. The minimum atomic E-state index is -0.967. The lowest BCUT2D eigenvalue weighted by Crippen LogP contribution is -2.32. The minimum absolute atomic E-state index is 0.279. The highest BCUT2D eigenvalue weighted by molar-refractivity contribution is 5.79. The summed E-state index contributed by atoms with van der Waals surface area (Å²) in [5.41, 5.74) is 4.77. The van der Waals surface area contributed by atoms with Crippen LogP contribution < -0.4 is 15.4 Å². The summed E-state index contributed by atoms with van der Waals surface area (Å²) >= 11 is 0. The van der Waals surface area contributed by atoms with Gasteiger partial charge in [-0.1, -0.05) is 31.2 Å². The molecular weight excluding hydrogens is 473 g/mol. The lowest BCUT2D eigenvalue weighted by Gasteiger charge is -2.20. The summed E-state index contributed by atoms with van der Waals surface area (Å²) in [6.07, 6.45) is 4.31. The molecule has 2 aromatic heterocycles. The molecule has 1 unspecified atom stereocenters. The summed E-state index contributed by atoms with van der Waals surface area (Å²) in [5, 5.41) is 16.2. The zero-order valence-corrected chi connectivity index (χ0v) is 21.0. The Hall–Kier alpha value is -4.40. The molecule has 0 aliphatic heterocycles. The highest BCUT2D eigenvalue weighted by atomic mass is 19.1. The Morgan fingerprint density at radius 1 is 1.16 bits per heavy atom. The van der Waals surface area contributed by atoms with Crippen molar-refractivity contribution in [2.75, 3.05) is 17.7 Å². The van der Waals surface area contributed by atoms with E-state index in [9.17, 15) is 14.3 Å². The van der Waals surface area contributed by atoms with E-state index >= 15 is 0 Å². The molecule has 0 bridgehead atoms. The van der Waals surface area contributed by atoms with Crippen LogP contribution in [0.25, 0.3) is 11.3 Å². The average molecular weight is 504 g/mol. The van der Waals surface area contributed by atoms with E-state index in [1.54, 1.807) is 32.5 Å². The van der Waals surface area contributed by atoms with Gasteiger partial charge in [0, 0.05) is 24.4 Å². The normalized spacial score (nSPS) is 11.7. The van der Waals surface area contributed by atoms with Gasteiger partial charge in [0.05, 0.1) is 25.5 Å². The minimum Gasteiger partial charge on any atom is -0.497 e. The predicted octanol–water partition coefficient (Wildman–Crippen LogP) is 5.21. The number of anilines is 2. The molecule has 4 N–H and O–H groups in total. The Bertz CT molecular complexity index is 1370. The van der Waals surface area contributed by atoms with Crippen LogP contribution in [0.15, 0.2) is 60.9 Å². The summed E-state index contributed by atoms with van der Waals surface area (Å²) in [5.74, 6) is 0.866. The van der Waals surface area contributed by atoms with Gasteiger partial charge in [0.15, 0.2) is 0 Å². The van der Waals surface area contributed by atoms with Gasteiger partial charge in [0.2, 0.25) is 0 Å². The Morgan fingerprint density at radius 2 is 1.95 bits per heavy atom. The molecule has 8 nitrogen and oxygen atoms in total. The lowest BCUT2D eigenvalue weighted by atomic mass is 10.0. The van der Waals surface area contributed by atoms with Gasteiger partial charge in [-0.3, -0.25) is 0 Å². The van der Waals surface area contributed by atoms with Gasteiger partial charge in [0.1, 0.15) is 29.3 Å². The number of ether oxygens (including phenoxy) is 1. The largest absolute Gasteiger partial charge is 0.497 e. The fourth-order valence-electron chi connectivity index (χ4n) is 4.14. The predicted molar refractivity (Wildman–Crippen MR) is 141 cm³/mol. The van der Waals surface area contributed by atoms with Gasteiger partial charge in [-0.2, -0.15) is 0 Å². The van der Waals surface area contributed by atoms with Crippen LogP contribution in [0.4, 0.5) is 15.9 Å². The number of methoxy groups -OCH3 is 1. The molecule has 9 heteroatoms. The van der Waals surface area contributed by atoms with E-state index in [1.165, 1.54) is 12.1 Å². The molecule has 192 valence electrons. The Morgan fingerprint density at radius 3 is 2.65 bits per heavy atom. The standard InChI is InChI=1S/C28H30FN5O3/c1-4-19-13-21(29)11-17(2)27(19)34-23(28(35)36)12-18-5-7-20(8-6-18)24-15-31-26(33-24)16-32-25-14-22(37-3)9-10-30-25/h5-11,13-15,23,34H,4,12,16H2,1-3H3,(H,30,32)(H,31,33)(H,35,36). The molecule has 0 radical (unpaired) electrons. The molecular formula is C28H30FN5O3. The number of pyridine rings is 1. The van der Waals surface area contributed by atoms with E-state index in [2.05, 4.69) is 25.6 Å². The summed E-state index contributed by atoms with van der Waals surface area (Å²) in [6.45, 7) is 4.16. The molecule has 2 aromatic carbocycles. The van der Waals surface area contributed by atoms with Crippen molar-refractivity contribution in [3.63, 3.8) is 0 Å². The summed E-state index contributed by atoms with van der Waals surface area (Å²) in [7, 11) is 1.61. The third kappa shape index (κ3) is 6.43. The van der Waals surface area contributed by atoms with E-state index < -0.39 is 12.0 Å². The number of H-pyrrole nitrogens is 1. The maximum Gasteiger partial charge on any atom is 0.326 e. The van der Waals surface area contributed by atoms with Crippen LogP contribution in [-0.4, -0.2) is 39.2 Å². The van der Waals surface area contributed by atoms with Crippen molar-refractivity contribution in [3.05, 3.63) is 89.3 Å². The van der Waals surface area contributed by atoms with Crippen LogP contribution in [0.3, 0.4) is 0 Å². The van der Waals surface area contributed by atoms with Crippen molar-refractivity contribution in [2.24, 2.45) is 0 Å². The van der Waals surface area contributed by atoms with Gasteiger partial charge in [0.25, 0.3) is 0 Å². The first kappa shape index (κ1) is 25.7. The van der Waals surface area contributed by atoms with Crippen molar-refractivity contribution in [3.8, 4) is 17.0 Å². The zero-order valence-electron chi connectivity index (χ0n) is 21.0. The molecule has 0 spiro atoms. The third-order valence-electron chi connectivity index (χ3n) is 6.12. The Kier molecular flexibility index (Phi) is 8.02. The molecule has 1 atom stereocenters. The van der Waals surface area contributed by atoms with E-state index in [-0.39, 0.29) is 12.2 Å². The van der Waals surface area contributed by atoms with Crippen molar-refractivity contribution < 1.29 is 19.0 Å². The number of aromatic amines is 1. The van der Waals surface area contributed by atoms with Gasteiger partial charge >= 0.3 is 5.97 Å². The second-order valence-electron chi connectivity index (χ2n) is 8.72.